The minimum atomic E-state index is -0.293. The molecule has 0 aliphatic rings. The van der Waals surface area contributed by atoms with Gasteiger partial charge in [0, 0.05) is 18.3 Å². The highest BCUT2D eigenvalue weighted by Crippen LogP contribution is 2.19. The Bertz CT molecular complexity index is 912. The normalized spacial score (nSPS) is 11.3. The van der Waals surface area contributed by atoms with Gasteiger partial charge in [-0.3, -0.25) is 9.55 Å². The van der Waals surface area contributed by atoms with E-state index in [1.807, 2.05) is 26.0 Å². The summed E-state index contributed by atoms with van der Waals surface area (Å²) in [7, 11) is 0. The predicted octanol–water partition coefficient (Wildman–Crippen LogP) is 1.57. The first-order valence-corrected chi connectivity index (χ1v) is 7.79. The highest BCUT2D eigenvalue weighted by atomic mass is 32.1. The van der Waals surface area contributed by atoms with Crippen LogP contribution >= 0.6 is 12.8 Å². The zero-order chi connectivity index (χ0) is 16.6. The van der Waals surface area contributed by atoms with Gasteiger partial charge in [0.1, 0.15) is 11.3 Å². The predicted molar refractivity (Wildman–Crippen MR) is 92.7 cm³/mol. The fourth-order valence-corrected chi connectivity index (χ4v) is 2.75. The van der Waals surface area contributed by atoms with Gasteiger partial charge in [0.25, 0.3) is 0 Å². The van der Waals surface area contributed by atoms with Crippen molar-refractivity contribution in [1.29, 1.82) is 0 Å². The molecule has 0 aliphatic heterocycles. The van der Waals surface area contributed by atoms with Crippen LogP contribution in [0.2, 0.25) is 0 Å². The topological polar surface area (TPSA) is 91.6 Å². The first-order chi connectivity index (χ1) is 11.0. The Morgan fingerprint density at radius 3 is 2.74 bits per heavy atom. The number of pyridine rings is 1. The second-order valence-electron chi connectivity index (χ2n) is 5.44. The molecule has 23 heavy (non-hydrogen) atoms. The van der Waals surface area contributed by atoms with E-state index in [4.69, 9.17) is 5.73 Å². The van der Waals surface area contributed by atoms with E-state index < -0.39 is 0 Å². The Balaban J connectivity index is 2.17. The largest absolute Gasteiger partial charge is 0.382 e. The van der Waals surface area contributed by atoms with Crippen LogP contribution in [0.15, 0.2) is 23.1 Å². The summed E-state index contributed by atoms with van der Waals surface area (Å²) < 4.78 is 2.74. The number of hydrogen-bond donors (Lipinski definition) is 2. The molecule has 8 heteroatoms. The molecule has 3 aromatic heterocycles. The van der Waals surface area contributed by atoms with Gasteiger partial charge >= 0.3 is 5.69 Å². The molecule has 3 rings (SSSR count). The van der Waals surface area contributed by atoms with E-state index in [0.29, 0.717) is 30.0 Å². The van der Waals surface area contributed by atoms with E-state index in [1.165, 1.54) is 3.97 Å². The SMILES string of the molecule is CCCc1nc(N)c2c(n1)n(Cc1ccc(C)nc1)c(=O)n2S. The van der Waals surface area contributed by atoms with Crippen LogP contribution < -0.4 is 11.4 Å². The van der Waals surface area contributed by atoms with E-state index in [0.717, 1.165) is 17.7 Å². The third-order valence-electron chi connectivity index (χ3n) is 3.61. The summed E-state index contributed by atoms with van der Waals surface area (Å²) >= 11 is 4.23. The lowest BCUT2D eigenvalue weighted by atomic mass is 10.2. The summed E-state index contributed by atoms with van der Waals surface area (Å²) in [5, 5.41) is 0. The fourth-order valence-electron chi connectivity index (χ4n) is 2.45. The van der Waals surface area contributed by atoms with Gasteiger partial charge in [0.05, 0.1) is 6.54 Å². The van der Waals surface area contributed by atoms with Gasteiger partial charge in [-0.25, -0.2) is 18.7 Å². The number of nitrogens with zero attached hydrogens (tertiary/aromatic N) is 5. The molecule has 0 spiro atoms. The number of aryl methyl sites for hydroxylation is 2. The summed E-state index contributed by atoms with van der Waals surface area (Å²) in [5.41, 5.74) is 8.48. The molecule has 0 amide bonds. The second-order valence-corrected chi connectivity index (χ2v) is 5.84. The third kappa shape index (κ3) is 2.81. The number of hydrogen-bond acceptors (Lipinski definition) is 6. The Morgan fingerprint density at radius 1 is 1.30 bits per heavy atom. The van der Waals surface area contributed by atoms with E-state index in [-0.39, 0.29) is 11.5 Å². The van der Waals surface area contributed by atoms with Crippen molar-refractivity contribution < 1.29 is 0 Å². The zero-order valence-electron chi connectivity index (χ0n) is 13.0. The molecule has 7 nitrogen and oxygen atoms in total. The van der Waals surface area contributed by atoms with Gasteiger partial charge in [0.15, 0.2) is 11.5 Å². The lowest BCUT2D eigenvalue weighted by molar-refractivity contribution is 0.760. The number of fused-ring (bicyclic) bond motifs is 1. The molecular formula is C15H18N6OS. The van der Waals surface area contributed by atoms with Crippen LogP contribution in [0.5, 0.6) is 0 Å². The minimum Gasteiger partial charge on any atom is -0.382 e. The molecule has 0 saturated heterocycles. The zero-order valence-corrected chi connectivity index (χ0v) is 13.9. The standard InChI is InChI=1S/C15H18N6OS/c1-3-4-11-18-13(16)12-14(19-11)20(15(22)21(12)23)8-10-6-5-9(2)17-7-10/h5-7,23H,3-4,8H2,1-2H3,(H2,16,18,19). The Morgan fingerprint density at radius 2 is 2.09 bits per heavy atom. The van der Waals surface area contributed by atoms with Crippen molar-refractivity contribution in [2.24, 2.45) is 0 Å². The first kappa shape index (κ1) is 15.5. The van der Waals surface area contributed by atoms with Crippen LogP contribution in [0.25, 0.3) is 11.2 Å². The molecule has 3 aromatic rings. The van der Waals surface area contributed by atoms with Gasteiger partial charge in [-0.05, 0) is 25.0 Å². The number of nitrogen functional groups attached to an aromatic ring is 1. The average Bonchev–Trinajstić information content (AvgIpc) is 2.75. The van der Waals surface area contributed by atoms with Gasteiger partial charge < -0.3 is 5.73 Å². The Hall–Kier alpha value is -2.35. The number of aromatic nitrogens is 5. The summed E-state index contributed by atoms with van der Waals surface area (Å²) in [6.45, 7) is 4.32. The molecule has 120 valence electrons. The van der Waals surface area contributed by atoms with Crippen molar-refractivity contribution >= 4 is 29.8 Å². The number of anilines is 1. The number of imidazole rings is 1. The summed E-state index contributed by atoms with van der Waals surface area (Å²) in [6.07, 6.45) is 3.36. The van der Waals surface area contributed by atoms with E-state index in [1.54, 1.807) is 10.8 Å². The smallest absolute Gasteiger partial charge is 0.340 e. The van der Waals surface area contributed by atoms with Gasteiger partial charge in [-0.1, -0.05) is 25.8 Å². The van der Waals surface area contributed by atoms with Gasteiger partial charge in [-0.15, -0.1) is 0 Å². The van der Waals surface area contributed by atoms with Crippen molar-refractivity contribution in [2.75, 3.05) is 5.73 Å². The lowest BCUT2D eigenvalue weighted by Crippen LogP contribution is -2.21. The molecule has 2 N–H and O–H groups in total. The molecular weight excluding hydrogens is 312 g/mol. The van der Waals surface area contributed by atoms with Crippen molar-refractivity contribution in [3.63, 3.8) is 0 Å². The molecule has 0 saturated carbocycles. The monoisotopic (exact) mass is 330 g/mol. The van der Waals surface area contributed by atoms with Gasteiger partial charge in [-0.2, -0.15) is 0 Å². The van der Waals surface area contributed by atoms with Crippen molar-refractivity contribution in [1.82, 2.24) is 23.5 Å². The maximum Gasteiger partial charge on any atom is 0.340 e. The second kappa shape index (κ2) is 6.04. The highest BCUT2D eigenvalue weighted by Gasteiger charge is 2.17. The molecule has 0 unspecified atom stereocenters. The maximum atomic E-state index is 12.5. The molecule has 0 aromatic carbocycles. The molecule has 3 heterocycles. The van der Waals surface area contributed by atoms with Crippen LogP contribution in [0.3, 0.4) is 0 Å². The maximum absolute atomic E-state index is 12.5. The van der Waals surface area contributed by atoms with E-state index in [2.05, 4.69) is 27.8 Å². The number of thiol groups is 1. The quantitative estimate of drug-likeness (QED) is 0.709. The van der Waals surface area contributed by atoms with Crippen LogP contribution in [0.1, 0.15) is 30.4 Å². The summed E-state index contributed by atoms with van der Waals surface area (Å²) in [5.74, 6) is 0.901. The molecule has 0 fully saturated rings. The van der Waals surface area contributed by atoms with Gasteiger partial charge in [0.2, 0.25) is 0 Å². The van der Waals surface area contributed by atoms with E-state index in [9.17, 15) is 4.79 Å². The van der Waals surface area contributed by atoms with Crippen LogP contribution in [-0.2, 0) is 13.0 Å². The highest BCUT2D eigenvalue weighted by molar-refractivity contribution is 7.78. The Labute approximate surface area is 138 Å². The average molecular weight is 330 g/mol. The van der Waals surface area contributed by atoms with Crippen LogP contribution in [0, 0.1) is 6.92 Å². The van der Waals surface area contributed by atoms with E-state index >= 15 is 0 Å². The lowest BCUT2D eigenvalue weighted by Gasteiger charge is -2.05. The molecule has 0 aliphatic carbocycles. The first-order valence-electron chi connectivity index (χ1n) is 7.39. The Kier molecular flexibility index (Phi) is 4.08. The van der Waals surface area contributed by atoms with Crippen LogP contribution in [-0.4, -0.2) is 23.5 Å². The molecule has 0 bridgehead atoms. The number of rotatable bonds is 4. The summed E-state index contributed by atoms with van der Waals surface area (Å²) in [6, 6.07) is 3.85. The number of nitrogens with two attached hydrogens (primary N) is 1. The van der Waals surface area contributed by atoms with Crippen molar-refractivity contribution in [3.8, 4) is 0 Å². The summed E-state index contributed by atoms with van der Waals surface area (Å²) in [4.78, 5) is 25.5. The van der Waals surface area contributed by atoms with Crippen LogP contribution in [0.4, 0.5) is 5.82 Å². The molecule has 0 atom stereocenters. The molecule has 0 radical (unpaired) electrons. The third-order valence-corrected chi connectivity index (χ3v) is 3.98. The van der Waals surface area contributed by atoms with Crippen molar-refractivity contribution in [2.45, 2.75) is 33.2 Å². The van der Waals surface area contributed by atoms with Crippen molar-refractivity contribution in [3.05, 3.63) is 45.9 Å². The minimum absolute atomic E-state index is 0.270. The fraction of sp³-hybridized carbons (Fsp3) is 0.333.